The van der Waals surface area contributed by atoms with E-state index in [0.717, 1.165) is 11.3 Å². The highest BCUT2D eigenvalue weighted by molar-refractivity contribution is 6.24. The SMILES string of the molecule is CN(C)c1cc(C(=O)N2CC3(COC3)C2)c(O)c2c1C[C@H]1C[C@H]3[C@H](N(C)C)C(O)=C(C(N)=O)C(=O)[C@@]3(O)C(O)=C1C2. The summed E-state index contributed by atoms with van der Waals surface area (Å²) in [6.45, 7) is 2.35. The Bertz CT molecular complexity index is 1450. The van der Waals surface area contributed by atoms with Crippen LogP contribution in [-0.2, 0) is 27.2 Å². The van der Waals surface area contributed by atoms with Crippen LogP contribution >= 0.6 is 0 Å². The molecule has 3 aliphatic carbocycles. The summed E-state index contributed by atoms with van der Waals surface area (Å²) in [6.07, 6.45) is 0.572. The number of aromatic hydroxyl groups is 1. The minimum atomic E-state index is -2.49. The van der Waals surface area contributed by atoms with Crippen molar-refractivity contribution in [1.82, 2.24) is 9.80 Å². The molecule has 2 fully saturated rings. The lowest BCUT2D eigenvalue weighted by molar-refractivity contribution is -0.176. The number of amides is 2. The molecule has 2 aliphatic heterocycles. The number of fused-ring (bicyclic) bond motifs is 3. The van der Waals surface area contributed by atoms with E-state index in [9.17, 15) is 34.8 Å². The second-order valence-electron chi connectivity index (χ2n) is 12.7. The Morgan fingerprint density at radius 2 is 1.76 bits per heavy atom. The van der Waals surface area contributed by atoms with Gasteiger partial charge in [-0.05, 0) is 50.1 Å². The number of hydrogen-bond acceptors (Lipinski definition) is 10. The smallest absolute Gasteiger partial charge is 0.257 e. The van der Waals surface area contributed by atoms with Gasteiger partial charge in [-0.1, -0.05) is 0 Å². The summed E-state index contributed by atoms with van der Waals surface area (Å²) in [6, 6.07) is 0.750. The molecular formula is C29H36N4O8. The van der Waals surface area contributed by atoms with Crippen molar-refractivity contribution in [1.29, 1.82) is 0 Å². The number of Topliss-reactive ketones (excluding diaryl/α,β-unsaturated/α-hetero) is 1. The number of hydrogen-bond donors (Lipinski definition) is 5. The van der Waals surface area contributed by atoms with E-state index in [1.165, 1.54) is 0 Å². The summed E-state index contributed by atoms with van der Waals surface area (Å²) >= 11 is 0. The van der Waals surface area contributed by atoms with Crippen molar-refractivity contribution in [3.05, 3.63) is 45.4 Å². The van der Waals surface area contributed by atoms with Gasteiger partial charge < -0.3 is 40.7 Å². The molecule has 0 saturated carbocycles. The number of ether oxygens (including phenoxy) is 1. The van der Waals surface area contributed by atoms with Crippen LogP contribution in [0.25, 0.3) is 0 Å². The van der Waals surface area contributed by atoms with E-state index in [4.69, 9.17) is 10.5 Å². The van der Waals surface area contributed by atoms with E-state index in [0.29, 0.717) is 43.9 Å². The summed E-state index contributed by atoms with van der Waals surface area (Å²) in [5, 5.41) is 45.8. The van der Waals surface area contributed by atoms with E-state index in [1.807, 2.05) is 19.0 Å². The molecule has 2 heterocycles. The lowest BCUT2D eigenvalue weighted by Gasteiger charge is -2.55. The predicted molar refractivity (Wildman–Crippen MR) is 147 cm³/mol. The van der Waals surface area contributed by atoms with Gasteiger partial charge in [-0.3, -0.25) is 19.3 Å². The van der Waals surface area contributed by atoms with Crippen molar-refractivity contribution in [3.8, 4) is 5.75 Å². The highest BCUT2D eigenvalue weighted by Gasteiger charge is 2.62. The number of carbonyl (C=O) groups is 3. The molecule has 1 spiro atoms. The Kier molecular flexibility index (Phi) is 6.01. The van der Waals surface area contributed by atoms with Crippen LogP contribution in [0.2, 0.25) is 0 Å². The number of ketones is 1. The highest BCUT2D eigenvalue weighted by atomic mass is 16.5. The van der Waals surface area contributed by atoms with Crippen LogP contribution in [0.15, 0.2) is 28.7 Å². The fourth-order valence-electron chi connectivity index (χ4n) is 7.61. The number of likely N-dealkylation sites (tertiary alicyclic amines) is 1. The zero-order chi connectivity index (χ0) is 29.8. The van der Waals surface area contributed by atoms with Gasteiger partial charge in [0.25, 0.3) is 11.8 Å². The molecule has 0 radical (unpaired) electrons. The molecule has 6 rings (SSSR count). The molecule has 0 bridgehead atoms. The third-order valence-electron chi connectivity index (χ3n) is 9.71. The monoisotopic (exact) mass is 568 g/mol. The lowest BCUT2D eigenvalue weighted by Crippen LogP contribution is -2.67. The number of benzene rings is 1. The first-order valence-electron chi connectivity index (χ1n) is 13.7. The number of aliphatic hydroxyl groups excluding tert-OH is 2. The maximum absolute atomic E-state index is 13.5. The molecule has 12 nitrogen and oxygen atoms in total. The minimum Gasteiger partial charge on any atom is -0.510 e. The van der Waals surface area contributed by atoms with Crippen LogP contribution in [0.3, 0.4) is 0 Å². The predicted octanol–water partition coefficient (Wildman–Crippen LogP) is 0.0188. The van der Waals surface area contributed by atoms with Crippen LogP contribution in [-0.4, -0.2) is 114 Å². The summed E-state index contributed by atoms with van der Waals surface area (Å²) in [7, 11) is 6.98. The Morgan fingerprint density at radius 1 is 1.10 bits per heavy atom. The van der Waals surface area contributed by atoms with Gasteiger partial charge in [-0.25, -0.2) is 0 Å². The zero-order valence-corrected chi connectivity index (χ0v) is 23.6. The number of allylic oxidation sites excluding steroid dienone is 1. The van der Waals surface area contributed by atoms with Gasteiger partial charge in [-0.15, -0.1) is 0 Å². The Hall–Kier alpha value is -3.61. The maximum Gasteiger partial charge on any atom is 0.257 e. The van der Waals surface area contributed by atoms with Crippen molar-refractivity contribution in [3.63, 3.8) is 0 Å². The quantitative estimate of drug-likeness (QED) is 0.311. The number of phenols is 1. The number of nitrogens with zero attached hydrogens (tertiary/aromatic N) is 3. The molecule has 0 aromatic heterocycles. The van der Waals surface area contributed by atoms with Gasteiger partial charge in [0.05, 0.1) is 30.2 Å². The number of phenolic OH excluding ortho intramolecular Hbond substituents is 1. The molecule has 5 aliphatic rings. The van der Waals surface area contributed by atoms with E-state index in [2.05, 4.69) is 0 Å². The van der Waals surface area contributed by atoms with E-state index in [1.54, 1.807) is 30.0 Å². The first-order chi connectivity index (χ1) is 19.2. The molecule has 0 unspecified atom stereocenters. The number of rotatable bonds is 4. The van der Waals surface area contributed by atoms with Crippen molar-refractivity contribution in [2.45, 2.75) is 30.9 Å². The number of anilines is 1. The summed E-state index contributed by atoms with van der Waals surface area (Å²) in [5.41, 5.74) is 4.72. The van der Waals surface area contributed by atoms with Gasteiger partial charge in [0.2, 0.25) is 5.78 Å². The average molecular weight is 569 g/mol. The Labute approximate surface area is 237 Å². The Morgan fingerprint density at radius 3 is 2.29 bits per heavy atom. The molecular weight excluding hydrogens is 532 g/mol. The van der Waals surface area contributed by atoms with E-state index in [-0.39, 0.29) is 41.4 Å². The number of carbonyl (C=O) groups excluding carboxylic acids is 3. The number of aliphatic hydroxyl groups is 3. The van der Waals surface area contributed by atoms with Crippen LogP contribution in [0.4, 0.5) is 5.69 Å². The Balaban J connectivity index is 1.44. The lowest BCUT2D eigenvalue weighted by atomic mass is 9.58. The third-order valence-corrected chi connectivity index (χ3v) is 9.71. The number of primary amides is 1. The van der Waals surface area contributed by atoms with Gasteiger partial charge >= 0.3 is 0 Å². The molecule has 2 saturated heterocycles. The van der Waals surface area contributed by atoms with Crippen molar-refractivity contribution < 1.29 is 39.5 Å². The molecule has 12 heteroatoms. The van der Waals surface area contributed by atoms with Crippen molar-refractivity contribution in [2.24, 2.45) is 23.0 Å². The van der Waals surface area contributed by atoms with Gasteiger partial charge in [0, 0.05) is 50.8 Å². The zero-order valence-electron chi connectivity index (χ0n) is 23.6. The van der Waals surface area contributed by atoms with Gasteiger partial charge in [-0.2, -0.15) is 0 Å². The van der Waals surface area contributed by atoms with Crippen molar-refractivity contribution in [2.75, 3.05) is 59.4 Å². The standard InChI is InChI=1S/C29H36N4O8/c1-31(2)19-8-17(27(39)33-9-28(10-33)11-41-12-28)22(34)16-7-14-13(5-15(16)19)6-18-21(32(3)4)23(35)20(26(30)38)25(37)29(18,40)24(14)36/h8,13,18,21,34-36,40H,5-7,9-12H2,1-4H3,(H2,30,38)/t13-,18-,21-,29-/m0/s1. The number of likely N-dealkylation sites (N-methyl/N-ethyl adjacent to an activating group) is 1. The number of nitrogens with two attached hydrogens (primary N) is 1. The first-order valence-corrected chi connectivity index (χ1v) is 13.7. The molecule has 6 N–H and O–H groups in total. The second kappa shape index (κ2) is 8.94. The fourth-order valence-corrected chi connectivity index (χ4v) is 7.61. The maximum atomic E-state index is 13.5. The first kappa shape index (κ1) is 27.6. The summed E-state index contributed by atoms with van der Waals surface area (Å²) < 4.78 is 5.31. The van der Waals surface area contributed by atoms with Crippen LogP contribution < -0.4 is 10.6 Å². The summed E-state index contributed by atoms with van der Waals surface area (Å²) in [4.78, 5) is 44.3. The fraction of sp³-hybridized carbons (Fsp3) is 0.552. The molecule has 1 aromatic rings. The largest absolute Gasteiger partial charge is 0.510 e. The van der Waals surface area contributed by atoms with Crippen LogP contribution in [0.1, 0.15) is 27.9 Å². The minimum absolute atomic E-state index is 0.00532. The van der Waals surface area contributed by atoms with Crippen LogP contribution in [0.5, 0.6) is 5.75 Å². The topological polar surface area (TPSA) is 177 Å². The average Bonchev–Trinajstić information content (AvgIpc) is 2.83. The molecule has 4 atom stereocenters. The summed E-state index contributed by atoms with van der Waals surface area (Å²) in [5.74, 6) is -5.24. The molecule has 2 amide bonds. The highest BCUT2D eigenvalue weighted by Crippen LogP contribution is 2.53. The van der Waals surface area contributed by atoms with Crippen LogP contribution in [0, 0.1) is 17.3 Å². The molecule has 41 heavy (non-hydrogen) atoms. The van der Waals surface area contributed by atoms with Crippen molar-refractivity contribution >= 4 is 23.3 Å². The van der Waals surface area contributed by atoms with E-state index >= 15 is 0 Å². The second-order valence-corrected chi connectivity index (χ2v) is 12.7. The normalized spacial score (nSPS) is 30.0. The third kappa shape index (κ3) is 3.66. The molecule has 220 valence electrons. The van der Waals surface area contributed by atoms with Gasteiger partial charge in [0.1, 0.15) is 22.8 Å². The van der Waals surface area contributed by atoms with E-state index < -0.39 is 46.3 Å². The van der Waals surface area contributed by atoms with Gasteiger partial charge in [0.15, 0.2) is 5.60 Å². The molecule has 1 aromatic carbocycles.